The monoisotopic (exact) mass is 282 g/mol. The maximum absolute atomic E-state index is 10.4. The number of hydrogen-bond donors (Lipinski definition) is 6. The molecule has 19 heavy (non-hydrogen) atoms. The minimum atomic E-state index is -1.74. The molecule has 1 unspecified atom stereocenters. The van der Waals surface area contributed by atoms with Gasteiger partial charge < -0.3 is 30.6 Å². The summed E-state index contributed by atoms with van der Waals surface area (Å²) in [5.74, 6) is -3.38. The Morgan fingerprint density at radius 2 is 1.47 bits per heavy atom. The summed E-state index contributed by atoms with van der Waals surface area (Å²) in [4.78, 5) is 20.4. The Kier molecular flexibility index (Phi) is 10.2. The van der Waals surface area contributed by atoms with E-state index in [0.717, 1.165) is 0 Å². The Morgan fingerprint density at radius 3 is 1.47 bits per heavy atom. The van der Waals surface area contributed by atoms with Gasteiger partial charge in [-0.3, -0.25) is 9.59 Å². The number of aliphatic hydroxyl groups is 4. The van der Waals surface area contributed by atoms with Crippen LogP contribution in [0.1, 0.15) is 26.7 Å². The van der Waals surface area contributed by atoms with Crippen molar-refractivity contribution in [2.24, 2.45) is 11.3 Å². The Hall–Kier alpha value is -1.22. The van der Waals surface area contributed by atoms with Gasteiger partial charge in [0.25, 0.3) is 0 Å². The maximum atomic E-state index is 10.4. The van der Waals surface area contributed by atoms with E-state index in [9.17, 15) is 9.59 Å². The van der Waals surface area contributed by atoms with Gasteiger partial charge in [-0.2, -0.15) is 0 Å². The molecule has 114 valence electrons. The van der Waals surface area contributed by atoms with Gasteiger partial charge in [0.1, 0.15) is 11.3 Å². The molecule has 0 aromatic carbocycles. The van der Waals surface area contributed by atoms with Crippen molar-refractivity contribution in [1.29, 1.82) is 0 Å². The molecular formula is C11H22O8. The Labute approximate surface area is 110 Å². The summed E-state index contributed by atoms with van der Waals surface area (Å²) in [7, 11) is 0. The van der Waals surface area contributed by atoms with Gasteiger partial charge in [-0.05, 0) is 12.8 Å². The highest BCUT2D eigenvalue weighted by Gasteiger charge is 2.35. The number of rotatable bonds is 7. The number of hydrogen-bond acceptors (Lipinski definition) is 6. The molecule has 0 fully saturated rings. The highest BCUT2D eigenvalue weighted by atomic mass is 16.5. The smallest absolute Gasteiger partial charge is 0.314 e. The van der Waals surface area contributed by atoms with Gasteiger partial charge in [-0.25, -0.2) is 0 Å². The fourth-order valence-corrected chi connectivity index (χ4v) is 1.07. The molecule has 0 saturated carbocycles. The van der Waals surface area contributed by atoms with E-state index in [1.165, 1.54) is 0 Å². The lowest BCUT2D eigenvalue weighted by Crippen LogP contribution is -2.37. The molecule has 0 aliphatic carbocycles. The van der Waals surface area contributed by atoms with Gasteiger partial charge in [-0.15, -0.1) is 0 Å². The quantitative estimate of drug-likeness (QED) is 0.320. The molecule has 0 saturated heterocycles. The van der Waals surface area contributed by atoms with E-state index >= 15 is 0 Å². The van der Waals surface area contributed by atoms with E-state index < -0.39 is 42.8 Å². The summed E-state index contributed by atoms with van der Waals surface area (Å²) >= 11 is 0. The molecule has 0 radical (unpaired) electrons. The normalized spacial score (nSPS) is 12.6. The average molecular weight is 282 g/mol. The van der Waals surface area contributed by atoms with Crippen molar-refractivity contribution in [1.82, 2.24) is 0 Å². The van der Waals surface area contributed by atoms with Crippen LogP contribution in [0, 0.1) is 11.3 Å². The minimum Gasteiger partial charge on any atom is -0.481 e. The molecule has 0 aliphatic rings. The number of carboxylic acid groups (broad SMARTS) is 2. The molecule has 0 bridgehead atoms. The molecule has 0 spiro atoms. The molecule has 0 amide bonds. The SMILES string of the molecule is CCC(C(=O)O)C(O)O.CCC(CO)(CO)C(=O)O. The fraction of sp³-hybridized carbons (Fsp3) is 0.818. The van der Waals surface area contributed by atoms with Crippen molar-refractivity contribution >= 4 is 11.9 Å². The van der Waals surface area contributed by atoms with Crippen LogP contribution in [-0.2, 0) is 9.59 Å². The fourth-order valence-electron chi connectivity index (χ4n) is 1.07. The molecular weight excluding hydrogens is 260 g/mol. The summed E-state index contributed by atoms with van der Waals surface area (Å²) in [6.07, 6.45) is -1.28. The number of aliphatic hydroxyl groups excluding tert-OH is 3. The summed E-state index contributed by atoms with van der Waals surface area (Å²) < 4.78 is 0. The van der Waals surface area contributed by atoms with Crippen LogP contribution < -0.4 is 0 Å². The minimum absolute atomic E-state index is 0.229. The van der Waals surface area contributed by atoms with E-state index in [0.29, 0.717) is 0 Å². The molecule has 0 aromatic rings. The second kappa shape index (κ2) is 9.68. The largest absolute Gasteiger partial charge is 0.481 e. The van der Waals surface area contributed by atoms with Crippen molar-refractivity contribution in [3.8, 4) is 0 Å². The lowest BCUT2D eigenvalue weighted by Gasteiger charge is -2.21. The third-order valence-electron chi connectivity index (χ3n) is 2.85. The second-order valence-electron chi connectivity index (χ2n) is 4.02. The van der Waals surface area contributed by atoms with Crippen LogP contribution in [0.5, 0.6) is 0 Å². The van der Waals surface area contributed by atoms with Gasteiger partial charge in [0.05, 0.1) is 13.2 Å². The summed E-state index contributed by atoms with van der Waals surface area (Å²) in [6, 6.07) is 0. The topological polar surface area (TPSA) is 156 Å². The molecule has 0 heterocycles. The van der Waals surface area contributed by atoms with Gasteiger partial charge in [-0.1, -0.05) is 13.8 Å². The van der Waals surface area contributed by atoms with Crippen LogP contribution >= 0.6 is 0 Å². The molecule has 0 aromatic heterocycles. The molecule has 1 atom stereocenters. The summed E-state index contributed by atoms with van der Waals surface area (Å²) in [5.41, 5.74) is -1.35. The number of carbonyl (C=O) groups is 2. The Balaban J connectivity index is 0. The third-order valence-corrected chi connectivity index (χ3v) is 2.85. The van der Waals surface area contributed by atoms with Crippen molar-refractivity contribution < 1.29 is 40.2 Å². The van der Waals surface area contributed by atoms with Crippen LogP contribution in [0.3, 0.4) is 0 Å². The molecule has 8 nitrogen and oxygen atoms in total. The number of aliphatic carboxylic acids is 2. The van der Waals surface area contributed by atoms with Gasteiger partial charge >= 0.3 is 11.9 Å². The Bertz CT molecular complexity index is 264. The predicted octanol–water partition coefficient (Wildman–Crippen LogP) is -1.14. The van der Waals surface area contributed by atoms with E-state index in [1.807, 2.05) is 0 Å². The first-order valence-corrected chi connectivity index (χ1v) is 5.76. The zero-order chi connectivity index (χ0) is 15.6. The summed E-state index contributed by atoms with van der Waals surface area (Å²) in [5, 5.41) is 50.7. The second-order valence-corrected chi connectivity index (χ2v) is 4.02. The molecule has 0 rings (SSSR count). The van der Waals surface area contributed by atoms with Crippen molar-refractivity contribution in [3.05, 3.63) is 0 Å². The highest BCUT2D eigenvalue weighted by Crippen LogP contribution is 2.19. The maximum Gasteiger partial charge on any atom is 0.314 e. The van der Waals surface area contributed by atoms with Gasteiger partial charge in [0.15, 0.2) is 6.29 Å². The van der Waals surface area contributed by atoms with Crippen molar-refractivity contribution in [2.75, 3.05) is 13.2 Å². The van der Waals surface area contributed by atoms with E-state index in [2.05, 4.69) is 0 Å². The van der Waals surface area contributed by atoms with E-state index in [4.69, 9.17) is 30.6 Å². The van der Waals surface area contributed by atoms with Crippen LogP contribution in [-0.4, -0.2) is 62.1 Å². The van der Waals surface area contributed by atoms with Crippen LogP contribution in [0.15, 0.2) is 0 Å². The van der Waals surface area contributed by atoms with E-state index in [1.54, 1.807) is 13.8 Å². The van der Waals surface area contributed by atoms with Crippen LogP contribution in [0.2, 0.25) is 0 Å². The standard InChI is InChI=1S/C6H12O4.C5H10O4/c1-2-6(3-7,4-8)5(9)10;1-2-3(4(6)7)5(8)9/h7-8H,2-4H2,1H3,(H,9,10);3-4,6-7H,2H2,1H3,(H,8,9). The molecule has 6 N–H and O–H groups in total. The lowest BCUT2D eigenvalue weighted by atomic mass is 9.87. The predicted molar refractivity (Wildman–Crippen MR) is 64.2 cm³/mol. The first-order chi connectivity index (χ1) is 8.72. The first kappa shape index (κ1) is 20.1. The molecule has 8 heteroatoms. The Morgan fingerprint density at radius 1 is 1.05 bits per heavy atom. The average Bonchev–Trinajstić information content (AvgIpc) is 2.32. The third kappa shape index (κ3) is 6.48. The lowest BCUT2D eigenvalue weighted by molar-refractivity contribution is -0.159. The van der Waals surface area contributed by atoms with Gasteiger partial charge in [0.2, 0.25) is 0 Å². The highest BCUT2D eigenvalue weighted by molar-refractivity contribution is 5.74. The van der Waals surface area contributed by atoms with Crippen molar-refractivity contribution in [3.63, 3.8) is 0 Å². The van der Waals surface area contributed by atoms with Crippen LogP contribution in [0.25, 0.3) is 0 Å². The molecule has 0 aliphatic heterocycles. The van der Waals surface area contributed by atoms with Gasteiger partial charge in [0, 0.05) is 0 Å². The zero-order valence-corrected chi connectivity index (χ0v) is 11.0. The summed E-state index contributed by atoms with van der Waals surface area (Å²) in [6.45, 7) is 2.16. The zero-order valence-electron chi connectivity index (χ0n) is 11.0. The van der Waals surface area contributed by atoms with Crippen LogP contribution in [0.4, 0.5) is 0 Å². The van der Waals surface area contributed by atoms with E-state index in [-0.39, 0.29) is 12.8 Å². The van der Waals surface area contributed by atoms with Crippen molar-refractivity contribution in [2.45, 2.75) is 33.0 Å². The number of carboxylic acids is 2. The first-order valence-electron chi connectivity index (χ1n) is 5.76.